The molecule has 28 heavy (non-hydrogen) atoms. The van der Waals surface area contributed by atoms with Crippen LogP contribution in [0.15, 0.2) is 45.9 Å². The maximum atomic E-state index is 12.6. The molecule has 1 aliphatic heterocycles. The number of ether oxygens (including phenoxy) is 3. The van der Waals surface area contributed by atoms with Gasteiger partial charge in [0.1, 0.15) is 26.4 Å². The topological polar surface area (TPSA) is 79.7 Å². The van der Waals surface area contributed by atoms with E-state index >= 15 is 0 Å². The molecule has 144 valence electrons. The Bertz CT molecular complexity index is 1130. The highest BCUT2D eigenvalue weighted by Gasteiger charge is 2.16. The van der Waals surface area contributed by atoms with Crippen molar-refractivity contribution in [1.29, 1.82) is 0 Å². The van der Waals surface area contributed by atoms with Crippen molar-refractivity contribution < 1.29 is 19.0 Å². The molecule has 0 saturated heterocycles. The second-order valence-corrected chi connectivity index (χ2v) is 7.25. The number of rotatable bonds is 4. The number of para-hydroxylation sites is 1. The summed E-state index contributed by atoms with van der Waals surface area (Å²) in [6.07, 6.45) is 1.37. The van der Waals surface area contributed by atoms with Gasteiger partial charge in [-0.2, -0.15) is 0 Å². The first-order chi connectivity index (χ1) is 13.5. The van der Waals surface area contributed by atoms with Gasteiger partial charge in [-0.05, 0) is 30.7 Å². The van der Waals surface area contributed by atoms with Crippen molar-refractivity contribution >= 4 is 32.8 Å². The predicted molar refractivity (Wildman–Crippen MR) is 106 cm³/mol. The zero-order chi connectivity index (χ0) is 19.7. The molecule has 0 aliphatic carbocycles. The van der Waals surface area contributed by atoms with Gasteiger partial charge in [0.05, 0.1) is 17.2 Å². The minimum atomic E-state index is -0.530. The molecule has 0 saturated carbocycles. The lowest BCUT2D eigenvalue weighted by atomic mass is 10.1. The summed E-state index contributed by atoms with van der Waals surface area (Å²) in [6, 6.07) is 8.95. The van der Waals surface area contributed by atoms with Crippen molar-refractivity contribution in [3.05, 3.63) is 62.6 Å². The fourth-order valence-electron chi connectivity index (χ4n) is 3.01. The Labute approximate surface area is 169 Å². The van der Waals surface area contributed by atoms with Crippen LogP contribution >= 0.6 is 15.9 Å². The minimum Gasteiger partial charge on any atom is -0.486 e. The number of hydrogen-bond acceptors (Lipinski definition) is 6. The van der Waals surface area contributed by atoms with E-state index in [0.29, 0.717) is 35.6 Å². The summed E-state index contributed by atoms with van der Waals surface area (Å²) in [4.78, 5) is 29.1. The summed E-state index contributed by atoms with van der Waals surface area (Å²) in [6.45, 7) is 2.70. The van der Waals surface area contributed by atoms with Gasteiger partial charge in [0, 0.05) is 10.0 Å². The van der Waals surface area contributed by atoms with Crippen molar-refractivity contribution in [3.63, 3.8) is 0 Å². The average molecular weight is 445 g/mol. The highest BCUT2D eigenvalue weighted by molar-refractivity contribution is 9.10. The van der Waals surface area contributed by atoms with Crippen LogP contribution in [0.5, 0.6) is 11.5 Å². The normalized spacial score (nSPS) is 12.8. The van der Waals surface area contributed by atoms with Crippen LogP contribution in [0.25, 0.3) is 10.9 Å². The number of aromatic nitrogens is 2. The lowest BCUT2D eigenvalue weighted by molar-refractivity contribution is -0.145. The van der Waals surface area contributed by atoms with Gasteiger partial charge in [0.2, 0.25) is 0 Å². The summed E-state index contributed by atoms with van der Waals surface area (Å²) >= 11 is 3.45. The largest absolute Gasteiger partial charge is 0.486 e. The van der Waals surface area contributed by atoms with E-state index in [9.17, 15) is 9.59 Å². The SMILES string of the molecule is Cc1cccc2c(=O)n(CC(=O)OCc3cc4c(cc3Br)OCCO4)cnc12. The van der Waals surface area contributed by atoms with Gasteiger partial charge in [-0.1, -0.05) is 28.1 Å². The predicted octanol–water partition coefficient (Wildman–Crippen LogP) is 2.98. The zero-order valence-corrected chi connectivity index (χ0v) is 16.7. The molecular weight excluding hydrogens is 428 g/mol. The molecule has 2 aromatic carbocycles. The smallest absolute Gasteiger partial charge is 0.326 e. The van der Waals surface area contributed by atoms with Gasteiger partial charge < -0.3 is 14.2 Å². The molecule has 0 bridgehead atoms. The fraction of sp³-hybridized carbons (Fsp3) is 0.250. The van der Waals surface area contributed by atoms with Crippen molar-refractivity contribution in [2.45, 2.75) is 20.1 Å². The lowest BCUT2D eigenvalue weighted by Gasteiger charge is -2.20. The number of carbonyl (C=O) groups excluding carboxylic acids is 1. The molecule has 1 aromatic heterocycles. The molecule has 0 amide bonds. The summed E-state index contributed by atoms with van der Waals surface area (Å²) in [5, 5.41) is 0.477. The van der Waals surface area contributed by atoms with E-state index in [-0.39, 0.29) is 18.7 Å². The molecule has 3 aromatic rings. The molecule has 1 aliphatic rings. The monoisotopic (exact) mass is 444 g/mol. The van der Waals surface area contributed by atoms with Gasteiger partial charge in [-0.3, -0.25) is 14.2 Å². The highest BCUT2D eigenvalue weighted by Crippen LogP contribution is 2.35. The van der Waals surface area contributed by atoms with Crippen molar-refractivity contribution in [3.8, 4) is 11.5 Å². The molecular formula is C20H17BrN2O5. The number of hydrogen-bond donors (Lipinski definition) is 0. The fourth-order valence-corrected chi connectivity index (χ4v) is 3.45. The van der Waals surface area contributed by atoms with Crippen LogP contribution in [-0.2, 0) is 22.7 Å². The molecule has 0 unspecified atom stereocenters. The van der Waals surface area contributed by atoms with Crippen LogP contribution in [0.3, 0.4) is 0 Å². The summed E-state index contributed by atoms with van der Waals surface area (Å²) in [5.41, 5.74) is 2.02. The van der Waals surface area contributed by atoms with Crippen LogP contribution in [0, 0.1) is 6.92 Å². The van der Waals surface area contributed by atoms with Gasteiger partial charge in [-0.15, -0.1) is 0 Å². The van der Waals surface area contributed by atoms with Crippen LogP contribution in [0.4, 0.5) is 0 Å². The average Bonchev–Trinajstić information content (AvgIpc) is 2.69. The van der Waals surface area contributed by atoms with Crippen molar-refractivity contribution in [2.24, 2.45) is 0 Å². The first-order valence-electron chi connectivity index (χ1n) is 8.71. The van der Waals surface area contributed by atoms with Crippen LogP contribution < -0.4 is 15.0 Å². The number of aryl methyl sites for hydroxylation is 1. The van der Waals surface area contributed by atoms with E-state index in [1.54, 1.807) is 24.3 Å². The van der Waals surface area contributed by atoms with Gasteiger partial charge in [0.15, 0.2) is 11.5 Å². The first kappa shape index (κ1) is 18.5. The van der Waals surface area contributed by atoms with Crippen LogP contribution in [-0.4, -0.2) is 28.7 Å². The maximum Gasteiger partial charge on any atom is 0.326 e. The Hall–Kier alpha value is -2.87. The van der Waals surface area contributed by atoms with Gasteiger partial charge in [-0.25, -0.2) is 4.98 Å². The second kappa shape index (κ2) is 7.63. The molecule has 0 radical (unpaired) electrons. The van der Waals surface area contributed by atoms with Crippen molar-refractivity contribution in [1.82, 2.24) is 9.55 Å². The van der Waals surface area contributed by atoms with E-state index in [2.05, 4.69) is 20.9 Å². The van der Waals surface area contributed by atoms with Crippen LogP contribution in [0.1, 0.15) is 11.1 Å². The van der Waals surface area contributed by atoms with E-state index in [1.165, 1.54) is 10.9 Å². The molecule has 0 fully saturated rings. The number of halogens is 1. The van der Waals surface area contributed by atoms with E-state index < -0.39 is 5.97 Å². The van der Waals surface area contributed by atoms with Crippen molar-refractivity contribution in [2.75, 3.05) is 13.2 Å². The van der Waals surface area contributed by atoms with Gasteiger partial charge in [0.25, 0.3) is 5.56 Å². The van der Waals surface area contributed by atoms with E-state index in [4.69, 9.17) is 14.2 Å². The van der Waals surface area contributed by atoms with Crippen LogP contribution in [0.2, 0.25) is 0 Å². The lowest BCUT2D eigenvalue weighted by Crippen LogP contribution is -2.25. The first-order valence-corrected chi connectivity index (χ1v) is 9.50. The number of carbonyl (C=O) groups is 1. The molecule has 2 heterocycles. The maximum absolute atomic E-state index is 12.6. The molecule has 0 atom stereocenters. The molecule has 8 heteroatoms. The van der Waals surface area contributed by atoms with Gasteiger partial charge >= 0.3 is 5.97 Å². The highest BCUT2D eigenvalue weighted by atomic mass is 79.9. The second-order valence-electron chi connectivity index (χ2n) is 6.40. The standard InChI is InChI=1S/C20H17BrN2O5/c1-12-3-2-4-14-19(12)22-11-23(20(14)25)9-18(24)28-10-13-7-16-17(8-15(13)21)27-6-5-26-16/h2-4,7-8,11H,5-6,9-10H2,1H3. The van der Waals surface area contributed by atoms with E-state index in [0.717, 1.165) is 15.6 Å². The quantitative estimate of drug-likeness (QED) is 0.575. The number of esters is 1. The number of fused-ring (bicyclic) bond motifs is 2. The number of benzene rings is 2. The Morgan fingerprint density at radius 3 is 2.79 bits per heavy atom. The Kier molecular flexibility index (Phi) is 5.04. The summed E-state index contributed by atoms with van der Waals surface area (Å²) in [5.74, 6) is 0.737. The molecule has 7 nitrogen and oxygen atoms in total. The molecule has 0 N–H and O–H groups in total. The Morgan fingerprint density at radius 1 is 1.25 bits per heavy atom. The summed E-state index contributed by atoms with van der Waals surface area (Å²) in [7, 11) is 0. The Balaban J connectivity index is 1.48. The zero-order valence-electron chi connectivity index (χ0n) is 15.1. The summed E-state index contributed by atoms with van der Waals surface area (Å²) < 4.78 is 18.4. The third-order valence-corrected chi connectivity index (χ3v) is 5.19. The third kappa shape index (κ3) is 3.60. The number of nitrogens with zero attached hydrogens (tertiary/aromatic N) is 2. The molecule has 0 spiro atoms. The minimum absolute atomic E-state index is 0.0466. The third-order valence-electron chi connectivity index (χ3n) is 4.45. The van der Waals surface area contributed by atoms with E-state index in [1.807, 2.05) is 13.0 Å². The Morgan fingerprint density at radius 2 is 2.00 bits per heavy atom. The molecule has 4 rings (SSSR count).